The summed E-state index contributed by atoms with van der Waals surface area (Å²) in [4.78, 5) is 11.8. The van der Waals surface area contributed by atoms with Gasteiger partial charge in [-0.1, -0.05) is 0 Å². The Hall–Kier alpha value is -0.420. The second kappa shape index (κ2) is 6.35. The van der Waals surface area contributed by atoms with Crippen LogP contribution in [0.2, 0.25) is 0 Å². The Morgan fingerprint density at radius 3 is 2.75 bits per heavy atom. The summed E-state index contributed by atoms with van der Waals surface area (Å²) in [6.45, 7) is 4.80. The van der Waals surface area contributed by atoms with Crippen molar-refractivity contribution in [2.24, 2.45) is 5.92 Å². The second-order valence-electron chi connectivity index (χ2n) is 4.73. The number of amides is 1. The van der Waals surface area contributed by atoms with Crippen molar-refractivity contribution < 1.29 is 9.00 Å². The summed E-state index contributed by atoms with van der Waals surface area (Å²) >= 11 is 0. The molecule has 2 N–H and O–H groups in total. The van der Waals surface area contributed by atoms with Crippen LogP contribution in [0.5, 0.6) is 0 Å². The van der Waals surface area contributed by atoms with E-state index in [-0.39, 0.29) is 17.9 Å². The third kappa shape index (κ3) is 4.61. The first-order valence-corrected chi connectivity index (χ1v) is 7.55. The normalized spacial score (nSPS) is 29.4. The Morgan fingerprint density at radius 2 is 2.25 bits per heavy atom. The maximum Gasteiger partial charge on any atom is 0.224 e. The molecule has 1 amide bonds. The minimum absolute atomic E-state index is 0.00215. The summed E-state index contributed by atoms with van der Waals surface area (Å²) in [5, 5.41) is 6.23. The van der Waals surface area contributed by atoms with E-state index in [2.05, 4.69) is 17.6 Å². The van der Waals surface area contributed by atoms with Gasteiger partial charge in [-0.25, -0.2) is 0 Å². The van der Waals surface area contributed by atoms with E-state index in [1.807, 2.05) is 6.92 Å². The first-order valence-electron chi connectivity index (χ1n) is 5.82. The van der Waals surface area contributed by atoms with Crippen LogP contribution in [0, 0.1) is 5.92 Å². The van der Waals surface area contributed by atoms with E-state index in [1.54, 1.807) is 6.26 Å². The lowest BCUT2D eigenvalue weighted by atomic mass is 9.94. The fourth-order valence-electron chi connectivity index (χ4n) is 1.98. The Balaban J connectivity index is 2.32. The molecular formula is C11H22N2O2S. The summed E-state index contributed by atoms with van der Waals surface area (Å²) in [5.74, 6) is 0.698. The summed E-state index contributed by atoms with van der Waals surface area (Å²) in [6, 6.07) is 0.516. The number of carbonyl (C=O) groups is 1. The van der Waals surface area contributed by atoms with E-state index in [4.69, 9.17) is 0 Å². The fourth-order valence-corrected chi connectivity index (χ4v) is 2.76. The van der Waals surface area contributed by atoms with Gasteiger partial charge in [-0.3, -0.25) is 9.00 Å². The Bertz CT molecular complexity index is 263. The SMILES string of the molecule is CC1CCC(C(=O)NC(C)CS(C)=O)CN1. The molecule has 0 bridgehead atoms. The monoisotopic (exact) mass is 246 g/mol. The zero-order chi connectivity index (χ0) is 12.1. The van der Waals surface area contributed by atoms with Gasteiger partial charge in [0.15, 0.2) is 0 Å². The molecular weight excluding hydrogens is 224 g/mol. The maximum atomic E-state index is 11.8. The molecule has 4 unspecified atom stereocenters. The predicted octanol–water partition coefficient (Wildman–Crippen LogP) is 0.258. The van der Waals surface area contributed by atoms with Gasteiger partial charge in [-0.2, -0.15) is 0 Å². The largest absolute Gasteiger partial charge is 0.352 e. The van der Waals surface area contributed by atoms with Gasteiger partial charge in [0.05, 0.1) is 5.92 Å². The highest BCUT2D eigenvalue weighted by Crippen LogP contribution is 2.14. The van der Waals surface area contributed by atoms with Crippen LogP contribution in [0.25, 0.3) is 0 Å². The lowest BCUT2D eigenvalue weighted by molar-refractivity contribution is -0.126. The number of rotatable bonds is 4. The maximum absolute atomic E-state index is 11.8. The molecule has 1 fully saturated rings. The average molecular weight is 246 g/mol. The van der Waals surface area contributed by atoms with Gasteiger partial charge >= 0.3 is 0 Å². The van der Waals surface area contributed by atoms with Gasteiger partial charge in [0.2, 0.25) is 5.91 Å². The molecule has 1 aliphatic rings. The number of carbonyl (C=O) groups excluding carboxylic acids is 1. The van der Waals surface area contributed by atoms with Crippen molar-refractivity contribution in [3.8, 4) is 0 Å². The molecule has 0 radical (unpaired) electrons. The quantitative estimate of drug-likeness (QED) is 0.748. The van der Waals surface area contributed by atoms with Crippen LogP contribution in [0.4, 0.5) is 0 Å². The number of hydrogen-bond acceptors (Lipinski definition) is 3. The lowest BCUT2D eigenvalue weighted by Crippen LogP contribution is -2.47. The number of nitrogens with one attached hydrogen (secondary N) is 2. The zero-order valence-electron chi connectivity index (χ0n) is 10.3. The highest BCUT2D eigenvalue weighted by molar-refractivity contribution is 7.84. The van der Waals surface area contributed by atoms with Crippen LogP contribution in [-0.2, 0) is 15.6 Å². The van der Waals surface area contributed by atoms with Crippen LogP contribution in [0.1, 0.15) is 26.7 Å². The standard InChI is InChI=1S/C11H22N2O2S/c1-8-4-5-10(6-12-8)11(14)13-9(2)7-16(3)15/h8-10,12H,4-7H2,1-3H3,(H,13,14). The molecule has 0 spiro atoms. The molecule has 4 atom stereocenters. The highest BCUT2D eigenvalue weighted by Gasteiger charge is 2.24. The molecule has 0 aromatic carbocycles. The molecule has 1 saturated heterocycles. The molecule has 4 nitrogen and oxygen atoms in total. The van der Waals surface area contributed by atoms with Crippen LogP contribution in [-0.4, -0.2) is 40.8 Å². The number of piperidine rings is 1. The Labute approximate surface area is 100 Å². The molecule has 5 heteroatoms. The van der Waals surface area contributed by atoms with E-state index >= 15 is 0 Å². The summed E-state index contributed by atoms with van der Waals surface area (Å²) in [7, 11) is -0.853. The summed E-state index contributed by atoms with van der Waals surface area (Å²) in [6.07, 6.45) is 3.65. The van der Waals surface area contributed by atoms with Gasteiger partial charge in [0, 0.05) is 41.4 Å². The van der Waals surface area contributed by atoms with Crippen LogP contribution in [0.15, 0.2) is 0 Å². The van der Waals surface area contributed by atoms with Crippen molar-refractivity contribution in [3.05, 3.63) is 0 Å². The lowest BCUT2D eigenvalue weighted by Gasteiger charge is -2.27. The van der Waals surface area contributed by atoms with Crippen molar-refractivity contribution in [1.82, 2.24) is 10.6 Å². The van der Waals surface area contributed by atoms with Crippen molar-refractivity contribution in [2.45, 2.75) is 38.8 Å². The molecule has 1 heterocycles. The van der Waals surface area contributed by atoms with Gasteiger partial charge in [0.25, 0.3) is 0 Å². The van der Waals surface area contributed by atoms with Gasteiger partial charge in [0.1, 0.15) is 0 Å². The van der Waals surface area contributed by atoms with Crippen LogP contribution >= 0.6 is 0 Å². The molecule has 16 heavy (non-hydrogen) atoms. The van der Waals surface area contributed by atoms with E-state index < -0.39 is 10.8 Å². The summed E-state index contributed by atoms with van der Waals surface area (Å²) in [5.41, 5.74) is 0. The fraction of sp³-hybridized carbons (Fsp3) is 0.909. The Morgan fingerprint density at radius 1 is 1.56 bits per heavy atom. The van der Waals surface area contributed by atoms with Gasteiger partial charge in [-0.15, -0.1) is 0 Å². The topological polar surface area (TPSA) is 58.2 Å². The predicted molar refractivity (Wildman–Crippen MR) is 66.7 cm³/mol. The molecule has 94 valence electrons. The minimum atomic E-state index is -0.853. The zero-order valence-corrected chi connectivity index (χ0v) is 11.1. The molecule has 1 aliphatic heterocycles. The van der Waals surface area contributed by atoms with E-state index in [0.717, 1.165) is 19.4 Å². The van der Waals surface area contributed by atoms with Gasteiger partial charge in [-0.05, 0) is 26.7 Å². The average Bonchev–Trinajstić information content (AvgIpc) is 2.16. The minimum Gasteiger partial charge on any atom is -0.352 e. The van der Waals surface area contributed by atoms with Crippen LogP contribution < -0.4 is 10.6 Å². The summed E-state index contributed by atoms with van der Waals surface area (Å²) < 4.78 is 11.0. The number of hydrogen-bond donors (Lipinski definition) is 2. The van der Waals surface area contributed by atoms with Gasteiger partial charge < -0.3 is 10.6 Å². The second-order valence-corrected chi connectivity index (χ2v) is 6.21. The molecule has 1 rings (SSSR count). The van der Waals surface area contributed by atoms with Crippen molar-refractivity contribution in [1.29, 1.82) is 0 Å². The van der Waals surface area contributed by atoms with E-state index in [1.165, 1.54) is 0 Å². The molecule has 0 saturated carbocycles. The van der Waals surface area contributed by atoms with Crippen molar-refractivity contribution in [2.75, 3.05) is 18.6 Å². The molecule has 0 aliphatic carbocycles. The third-order valence-corrected chi connectivity index (χ3v) is 3.87. The highest BCUT2D eigenvalue weighted by atomic mass is 32.2. The van der Waals surface area contributed by atoms with E-state index in [9.17, 15) is 9.00 Å². The van der Waals surface area contributed by atoms with Crippen LogP contribution in [0.3, 0.4) is 0 Å². The molecule has 0 aromatic rings. The van der Waals surface area contributed by atoms with E-state index in [0.29, 0.717) is 11.8 Å². The molecule has 0 aromatic heterocycles. The smallest absolute Gasteiger partial charge is 0.224 e. The third-order valence-electron chi connectivity index (χ3n) is 2.91. The first-order chi connectivity index (χ1) is 7.49. The first kappa shape index (κ1) is 13.6. The Kier molecular flexibility index (Phi) is 5.41. The van der Waals surface area contributed by atoms with Crippen molar-refractivity contribution in [3.63, 3.8) is 0 Å². The van der Waals surface area contributed by atoms with Crippen molar-refractivity contribution >= 4 is 16.7 Å².